The Bertz CT molecular complexity index is 2080. The summed E-state index contributed by atoms with van der Waals surface area (Å²) in [6, 6.07) is 1.81. The number of amides is 3. The van der Waals surface area contributed by atoms with Gasteiger partial charge in [0.2, 0.25) is 23.0 Å². The average Bonchev–Trinajstić information content (AvgIpc) is 3.84. The molecule has 2 bridgehead atoms. The average molecular weight is 804 g/mol. The number of nitrogen functional groups attached to an aromatic ring is 1. The lowest BCUT2D eigenvalue weighted by atomic mass is 9.92. The Morgan fingerprint density at radius 3 is 2.56 bits per heavy atom. The van der Waals surface area contributed by atoms with Gasteiger partial charge in [-0.15, -0.1) is 22.0 Å². The lowest BCUT2D eigenvalue weighted by Crippen LogP contribution is -2.70. The molecule has 3 unspecified atom stereocenters. The number of aromatic nitrogens is 6. The molecule has 20 nitrogen and oxygen atoms in total. The van der Waals surface area contributed by atoms with Crippen molar-refractivity contribution in [2.45, 2.75) is 74.7 Å². The summed E-state index contributed by atoms with van der Waals surface area (Å²) in [7, 11) is 2.18. The molecule has 4 aliphatic rings. The van der Waals surface area contributed by atoms with Crippen LogP contribution in [0.2, 0.25) is 5.02 Å². The van der Waals surface area contributed by atoms with Crippen LogP contribution in [0.15, 0.2) is 22.9 Å². The first-order valence-electron chi connectivity index (χ1n) is 16.8. The number of oxime groups is 1. The summed E-state index contributed by atoms with van der Waals surface area (Å²) >= 11 is 8.42. The quantitative estimate of drug-likeness (QED) is 0.0461. The number of carbonyl (C=O) groups excluding carboxylic acids is 3. The summed E-state index contributed by atoms with van der Waals surface area (Å²) in [5.41, 5.74) is 5.00. The summed E-state index contributed by atoms with van der Waals surface area (Å²) in [6.45, 7) is 3.08. The van der Waals surface area contributed by atoms with E-state index in [0.717, 1.165) is 29.9 Å². The minimum Gasteiger partial charge on any atom is -0.504 e. The first-order chi connectivity index (χ1) is 25.6. The normalized spacial score (nSPS) is 26.6. The van der Waals surface area contributed by atoms with Crippen LogP contribution in [-0.4, -0.2) is 139 Å². The third-order valence-corrected chi connectivity index (χ3v) is 12.7. The fourth-order valence-electron chi connectivity index (χ4n) is 7.53. The van der Waals surface area contributed by atoms with Crippen LogP contribution in [0.3, 0.4) is 0 Å². The molecular formula is C31H36ClN12O8S2+. The Morgan fingerprint density at radius 1 is 1.20 bits per heavy atom. The molecule has 0 radical (unpaired) electrons. The van der Waals surface area contributed by atoms with Crippen LogP contribution in [0.5, 0.6) is 11.5 Å². The lowest BCUT2D eigenvalue weighted by molar-refractivity contribution is -0.944. The molecule has 3 aromatic rings. The van der Waals surface area contributed by atoms with Gasteiger partial charge in [-0.3, -0.25) is 19.3 Å². The standard InChI is InChI=1S/C31H35ClN12O8S2/c1-31(2,29(50)51)52-39-19(23-36-30(33)54-40-23)26(48)35-20-27(49)43-21(24-37-41-42-38-24)12(11-53-28(20)43)10-44(3)14-4-5-15(44)9-13(8-14)34-25(47)16-6-7-17(45)22(46)18(16)32/h6-7,13-15,20,28H,4-5,8-11H2,1-3H3,(H7-,33,34,35,36,37,38,39,40,41,42,45,46,47,48,50,51)/p+1/t13?,14-,15?,20+,28+,44?/m0/s1. The molecule has 3 saturated heterocycles. The van der Waals surface area contributed by atoms with Crippen molar-refractivity contribution in [3.8, 4) is 11.5 Å². The van der Waals surface area contributed by atoms with E-state index in [2.05, 4.69) is 52.8 Å². The number of nitrogens with two attached hydrogens (primary N) is 1. The van der Waals surface area contributed by atoms with Gasteiger partial charge >= 0.3 is 5.97 Å². The zero-order valence-electron chi connectivity index (χ0n) is 29.0. The van der Waals surface area contributed by atoms with E-state index in [1.165, 1.54) is 37.7 Å². The molecule has 7 rings (SSSR count). The van der Waals surface area contributed by atoms with Crippen LogP contribution in [0.25, 0.3) is 5.70 Å². The summed E-state index contributed by atoms with van der Waals surface area (Å²) in [5.74, 6) is -3.48. The maximum atomic E-state index is 13.9. The Kier molecular flexibility index (Phi) is 9.64. The molecule has 6 atom stereocenters. The molecule has 2 aromatic heterocycles. The minimum absolute atomic E-state index is 0.0399. The maximum Gasteiger partial charge on any atom is 0.350 e. The second-order valence-electron chi connectivity index (χ2n) is 14.2. The fraction of sp³-hybridized carbons (Fsp3) is 0.484. The van der Waals surface area contributed by atoms with Crippen LogP contribution in [-0.2, 0) is 19.2 Å². The van der Waals surface area contributed by atoms with Crippen LogP contribution < -0.4 is 16.4 Å². The summed E-state index contributed by atoms with van der Waals surface area (Å²) in [4.78, 5) is 62.9. The zero-order valence-corrected chi connectivity index (χ0v) is 31.4. The number of anilines is 1. The zero-order chi connectivity index (χ0) is 38.7. The van der Waals surface area contributed by atoms with Crippen molar-refractivity contribution in [3.05, 3.63) is 39.9 Å². The number of hydrogen-bond donors (Lipinski definition) is 7. The number of carbonyl (C=O) groups is 4. The summed E-state index contributed by atoms with van der Waals surface area (Å²) in [5, 5.41) is 52.7. The van der Waals surface area contributed by atoms with Gasteiger partial charge in [0.1, 0.15) is 18.0 Å². The molecule has 6 heterocycles. The van der Waals surface area contributed by atoms with Gasteiger partial charge in [0.15, 0.2) is 16.6 Å². The summed E-state index contributed by atoms with van der Waals surface area (Å²) in [6.07, 6.45) is 3.24. The number of carboxylic acid groups (broad SMARTS) is 1. The number of piperidine rings is 1. The number of H-pyrrole nitrogens is 1. The van der Waals surface area contributed by atoms with Crippen LogP contribution in [0.4, 0.5) is 5.13 Å². The lowest BCUT2D eigenvalue weighted by Gasteiger charge is -2.52. The highest BCUT2D eigenvalue weighted by molar-refractivity contribution is 8.00. The number of fused-ring (bicyclic) bond motifs is 3. The number of phenols is 2. The number of benzene rings is 1. The Hall–Kier alpha value is -5.06. The van der Waals surface area contributed by atoms with E-state index in [0.29, 0.717) is 35.3 Å². The van der Waals surface area contributed by atoms with E-state index >= 15 is 0 Å². The Morgan fingerprint density at radius 2 is 1.93 bits per heavy atom. The number of nitrogens with one attached hydrogen (secondary N) is 3. The molecule has 0 saturated carbocycles. The molecule has 1 aromatic carbocycles. The van der Waals surface area contributed by atoms with Gasteiger partial charge in [-0.25, -0.2) is 4.79 Å². The maximum absolute atomic E-state index is 13.9. The molecule has 0 aliphatic carbocycles. The molecule has 0 spiro atoms. The molecular weight excluding hydrogens is 768 g/mol. The number of β-lactam (4-membered cyclic amide) rings is 1. The number of aliphatic carboxylic acids is 1. The SMILES string of the molecule is CC(C)(O/N=C(\C(=O)N[C@@H]1C(=O)N2C(c3nn[nH]n3)=C(C[N+]3(C)C4CC[C@H]3CC(NC(=O)c3ccc(O)c(O)c3Cl)C4)CS[C@H]12)c1nsc(N)n1)C(=O)O. The van der Waals surface area contributed by atoms with Crippen molar-refractivity contribution < 1.29 is 43.8 Å². The fourth-order valence-corrected chi connectivity index (χ4v) is 9.54. The minimum atomic E-state index is -1.79. The number of thioether (sulfide) groups is 1. The molecule has 8 N–H and O–H groups in total. The van der Waals surface area contributed by atoms with E-state index < -0.39 is 57.9 Å². The van der Waals surface area contributed by atoms with Crippen molar-refractivity contribution in [2.24, 2.45) is 5.16 Å². The largest absolute Gasteiger partial charge is 0.504 e. The van der Waals surface area contributed by atoms with Crippen molar-refractivity contribution in [1.29, 1.82) is 0 Å². The number of hydrogen-bond acceptors (Lipinski definition) is 16. The number of halogens is 1. The number of quaternary nitrogens is 1. The number of rotatable bonds is 11. The molecule has 3 amide bonds. The second kappa shape index (κ2) is 14.0. The first kappa shape index (κ1) is 37.3. The van der Waals surface area contributed by atoms with Crippen molar-refractivity contribution in [3.63, 3.8) is 0 Å². The molecule has 23 heteroatoms. The highest BCUT2D eigenvalue weighted by atomic mass is 35.5. The van der Waals surface area contributed by atoms with Gasteiger partial charge in [0, 0.05) is 54.6 Å². The number of nitrogens with zero attached hydrogens (tertiary/aromatic N) is 8. The number of carboxylic acids is 1. The van der Waals surface area contributed by atoms with Gasteiger partial charge < -0.3 is 41.0 Å². The number of tetrazole rings is 1. The van der Waals surface area contributed by atoms with Crippen LogP contribution >= 0.6 is 34.9 Å². The van der Waals surface area contributed by atoms with Gasteiger partial charge in [-0.1, -0.05) is 16.8 Å². The first-order valence-corrected chi connectivity index (χ1v) is 19.0. The van der Waals surface area contributed by atoms with Crippen LogP contribution in [0, 0.1) is 0 Å². The predicted molar refractivity (Wildman–Crippen MR) is 193 cm³/mol. The van der Waals surface area contributed by atoms with E-state index in [9.17, 15) is 34.5 Å². The monoisotopic (exact) mass is 803 g/mol. The van der Waals surface area contributed by atoms with Crippen molar-refractivity contribution >= 4 is 75.1 Å². The Balaban J connectivity index is 1.08. The van der Waals surface area contributed by atoms with Gasteiger partial charge in [0.25, 0.3) is 17.7 Å². The van der Waals surface area contributed by atoms with Crippen LogP contribution in [0.1, 0.15) is 61.5 Å². The van der Waals surface area contributed by atoms with Crippen molar-refractivity contribution in [2.75, 3.05) is 25.1 Å². The third kappa shape index (κ3) is 6.55. The van der Waals surface area contributed by atoms with Crippen molar-refractivity contribution in [1.82, 2.24) is 45.5 Å². The summed E-state index contributed by atoms with van der Waals surface area (Å²) < 4.78 is 4.69. The number of aromatic amines is 1. The van der Waals surface area contributed by atoms with Gasteiger partial charge in [-0.05, 0) is 31.2 Å². The number of aromatic hydroxyl groups is 2. The molecule has 4 aliphatic heterocycles. The molecule has 54 heavy (non-hydrogen) atoms. The van der Waals surface area contributed by atoms with E-state index in [1.54, 1.807) is 4.90 Å². The smallest absolute Gasteiger partial charge is 0.350 e. The van der Waals surface area contributed by atoms with E-state index in [4.69, 9.17) is 22.2 Å². The predicted octanol–water partition coefficient (Wildman–Crippen LogP) is 0.663. The topological polar surface area (TPSA) is 284 Å². The molecule has 3 fully saturated rings. The molecule has 286 valence electrons. The van der Waals surface area contributed by atoms with Gasteiger partial charge in [0.05, 0.1) is 35.4 Å². The number of phenolic OH excluding ortho intramolecular Hbond substituents is 2. The second-order valence-corrected chi connectivity index (χ2v) is 16.4. The Labute approximate surface area is 319 Å². The third-order valence-electron chi connectivity index (χ3n) is 10.5. The van der Waals surface area contributed by atoms with E-state index in [-0.39, 0.29) is 45.5 Å². The number of likely N-dealkylation sites (N-methyl/N-ethyl adjacent to an activating group) is 1. The van der Waals surface area contributed by atoms with Gasteiger partial charge in [-0.2, -0.15) is 14.6 Å². The highest BCUT2D eigenvalue weighted by Crippen LogP contribution is 2.47. The highest BCUT2D eigenvalue weighted by Gasteiger charge is 2.57. The van der Waals surface area contributed by atoms with E-state index in [1.807, 2.05) is 0 Å².